The normalized spacial score (nSPS) is 23.3. The Hall–Kier alpha value is -1.68. The monoisotopic (exact) mass is 314 g/mol. The minimum absolute atomic E-state index is 0.00579. The lowest BCUT2D eigenvalue weighted by Gasteiger charge is -2.24. The first-order valence-electron chi connectivity index (χ1n) is 8.78. The van der Waals surface area contributed by atoms with E-state index < -0.39 is 5.41 Å². The molecule has 1 saturated heterocycles. The zero-order chi connectivity index (χ0) is 16.4. The van der Waals surface area contributed by atoms with Gasteiger partial charge in [-0.1, -0.05) is 38.1 Å². The van der Waals surface area contributed by atoms with E-state index in [9.17, 15) is 9.59 Å². The second-order valence-corrected chi connectivity index (χ2v) is 6.65. The van der Waals surface area contributed by atoms with E-state index >= 15 is 0 Å². The van der Waals surface area contributed by atoms with Crippen molar-refractivity contribution in [2.75, 3.05) is 26.2 Å². The fraction of sp³-hybridized carbons (Fsp3) is 0.579. The zero-order valence-corrected chi connectivity index (χ0v) is 14.2. The minimum atomic E-state index is -0.567. The predicted molar refractivity (Wildman–Crippen MR) is 90.2 cm³/mol. The number of rotatable bonds is 6. The van der Waals surface area contributed by atoms with Crippen molar-refractivity contribution in [1.29, 1.82) is 0 Å². The van der Waals surface area contributed by atoms with Gasteiger partial charge in [-0.3, -0.25) is 14.5 Å². The first-order chi connectivity index (χ1) is 11.1. The standard InChI is InChI=1S/C19H26N2O2/c1-3-20(4-2)12-7-13-21-17(22)14-19(18(21)23)11-10-15-8-5-6-9-16(15)19/h5-6,8-9H,3-4,7,10-14H2,1-2H3. The van der Waals surface area contributed by atoms with Crippen LogP contribution in [0.15, 0.2) is 24.3 Å². The minimum Gasteiger partial charge on any atom is -0.304 e. The number of benzene rings is 1. The number of nitrogens with zero attached hydrogens (tertiary/aromatic N) is 2. The smallest absolute Gasteiger partial charge is 0.240 e. The molecule has 3 rings (SSSR count). The van der Waals surface area contributed by atoms with Gasteiger partial charge in [0, 0.05) is 13.0 Å². The molecule has 1 aromatic rings. The van der Waals surface area contributed by atoms with E-state index in [0.29, 0.717) is 13.0 Å². The van der Waals surface area contributed by atoms with Crippen LogP contribution in [-0.4, -0.2) is 47.8 Å². The molecule has 2 aliphatic rings. The second kappa shape index (κ2) is 6.44. The van der Waals surface area contributed by atoms with E-state index in [-0.39, 0.29) is 11.8 Å². The second-order valence-electron chi connectivity index (χ2n) is 6.65. The quantitative estimate of drug-likeness (QED) is 0.757. The number of carbonyl (C=O) groups is 2. The summed E-state index contributed by atoms with van der Waals surface area (Å²) >= 11 is 0. The third kappa shape index (κ3) is 2.69. The molecule has 1 spiro atoms. The average Bonchev–Trinajstić information content (AvgIpc) is 3.05. The highest BCUT2D eigenvalue weighted by atomic mass is 16.2. The Balaban J connectivity index is 1.72. The highest BCUT2D eigenvalue weighted by molar-refractivity contribution is 6.09. The SMILES string of the molecule is CCN(CC)CCCN1C(=O)CC2(CCc3ccccc32)C1=O. The lowest BCUT2D eigenvalue weighted by molar-refractivity contribution is -0.140. The summed E-state index contributed by atoms with van der Waals surface area (Å²) in [4.78, 5) is 29.3. The Labute approximate surface area is 138 Å². The van der Waals surface area contributed by atoms with Crippen LogP contribution in [0.5, 0.6) is 0 Å². The van der Waals surface area contributed by atoms with E-state index in [1.807, 2.05) is 18.2 Å². The van der Waals surface area contributed by atoms with Gasteiger partial charge in [0.05, 0.1) is 5.41 Å². The number of likely N-dealkylation sites (tertiary alicyclic amines) is 1. The maximum Gasteiger partial charge on any atom is 0.240 e. The summed E-state index contributed by atoms with van der Waals surface area (Å²) < 4.78 is 0. The number of carbonyl (C=O) groups excluding carboxylic acids is 2. The van der Waals surface area contributed by atoms with Crippen LogP contribution in [0.4, 0.5) is 0 Å². The Morgan fingerprint density at radius 1 is 1.17 bits per heavy atom. The molecule has 0 aromatic heterocycles. The number of amides is 2. The maximum absolute atomic E-state index is 13.0. The van der Waals surface area contributed by atoms with Gasteiger partial charge in [-0.05, 0) is 50.0 Å². The van der Waals surface area contributed by atoms with E-state index in [2.05, 4.69) is 24.8 Å². The molecule has 4 heteroatoms. The van der Waals surface area contributed by atoms with Crippen LogP contribution < -0.4 is 0 Å². The van der Waals surface area contributed by atoms with Gasteiger partial charge < -0.3 is 4.90 Å². The van der Waals surface area contributed by atoms with Crippen LogP contribution in [0.2, 0.25) is 0 Å². The fourth-order valence-electron chi connectivity index (χ4n) is 4.11. The van der Waals surface area contributed by atoms with Crippen LogP contribution in [0.3, 0.4) is 0 Å². The van der Waals surface area contributed by atoms with E-state index in [1.54, 1.807) is 0 Å². The number of hydrogen-bond acceptors (Lipinski definition) is 3. The molecule has 23 heavy (non-hydrogen) atoms. The molecule has 1 heterocycles. The van der Waals surface area contributed by atoms with Crippen LogP contribution in [0.1, 0.15) is 44.2 Å². The van der Waals surface area contributed by atoms with Crippen LogP contribution >= 0.6 is 0 Å². The highest BCUT2D eigenvalue weighted by Crippen LogP contribution is 2.46. The Kier molecular flexibility index (Phi) is 4.53. The van der Waals surface area contributed by atoms with Gasteiger partial charge in [0.25, 0.3) is 0 Å². The fourth-order valence-corrected chi connectivity index (χ4v) is 4.11. The van der Waals surface area contributed by atoms with Crippen LogP contribution in [-0.2, 0) is 21.4 Å². The molecule has 0 saturated carbocycles. The molecule has 124 valence electrons. The zero-order valence-electron chi connectivity index (χ0n) is 14.2. The lowest BCUT2D eigenvalue weighted by Crippen LogP contribution is -2.38. The van der Waals surface area contributed by atoms with Gasteiger partial charge >= 0.3 is 0 Å². The number of aryl methyl sites for hydroxylation is 1. The summed E-state index contributed by atoms with van der Waals surface area (Å²) in [6, 6.07) is 8.12. The van der Waals surface area contributed by atoms with Crippen molar-refractivity contribution in [3.63, 3.8) is 0 Å². The molecule has 0 radical (unpaired) electrons. The van der Waals surface area contributed by atoms with E-state index in [4.69, 9.17) is 0 Å². The molecule has 1 aromatic carbocycles. The molecule has 2 amide bonds. The van der Waals surface area contributed by atoms with Crippen molar-refractivity contribution >= 4 is 11.8 Å². The van der Waals surface area contributed by atoms with Crippen molar-refractivity contribution in [2.45, 2.75) is 44.9 Å². The Morgan fingerprint density at radius 3 is 2.65 bits per heavy atom. The van der Waals surface area contributed by atoms with Crippen LogP contribution in [0.25, 0.3) is 0 Å². The van der Waals surface area contributed by atoms with Gasteiger partial charge in [-0.15, -0.1) is 0 Å². The topological polar surface area (TPSA) is 40.6 Å². The van der Waals surface area contributed by atoms with Gasteiger partial charge in [-0.2, -0.15) is 0 Å². The highest BCUT2D eigenvalue weighted by Gasteiger charge is 2.54. The summed E-state index contributed by atoms with van der Waals surface area (Å²) in [5.41, 5.74) is 1.76. The lowest BCUT2D eigenvalue weighted by atomic mass is 9.80. The van der Waals surface area contributed by atoms with E-state index in [0.717, 1.165) is 44.5 Å². The van der Waals surface area contributed by atoms with Crippen LogP contribution in [0, 0.1) is 0 Å². The third-order valence-electron chi connectivity index (χ3n) is 5.51. The van der Waals surface area contributed by atoms with Gasteiger partial charge in [0.1, 0.15) is 0 Å². The Morgan fingerprint density at radius 2 is 1.91 bits per heavy atom. The van der Waals surface area contributed by atoms with Crippen molar-refractivity contribution in [2.24, 2.45) is 0 Å². The molecule has 0 N–H and O–H groups in total. The third-order valence-corrected chi connectivity index (χ3v) is 5.51. The van der Waals surface area contributed by atoms with Gasteiger partial charge in [0.2, 0.25) is 11.8 Å². The van der Waals surface area contributed by atoms with Gasteiger partial charge in [0.15, 0.2) is 0 Å². The van der Waals surface area contributed by atoms with Crippen molar-refractivity contribution in [3.8, 4) is 0 Å². The molecule has 1 aliphatic carbocycles. The van der Waals surface area contributed by atoms with Gasteiger partial charge in [-0.25, -0.2) is 0 Å². The number of fused-ring (bicyclic) bond motifs is 2. The maximum atomic E-state index is 13.0. The summed E-state index contributed by atoms with van der Waals surface area (Å²) in [6.07, 6.45) is 2.90. The molecule has 1 atom stereocenters. The van der Waals surface area contributed by atoms with Crippen molar-refractivity contribution in [1.82, 2.24) is 9.80 Å². The number of imide groups is 1. The van der Waals surface area contributed by atoms with Crippen molar-refractivity contribution in [3.05, 3.63) is 35.4 Å². The first-order valence-corrected chi connectivity index (χ1v) is 8.78. The summed E-state index contributed by atoms with van der Waals surface area (Å²) in [7, 11) is 0. The molecule has 0 bridgehead atoms. The summed E-state index contributed by atoms with van der Waals surface area (Å²) in [5, 5.41) is 0. The Bertz CT molecular complexity index is 609. The summed E-state index contributed by atoms with van der Waals surface area (Å²) in [6.45, 7) is 7.79. The summed E-state index contributed by atoms with van der Waals surface area (Å²) in [5.74, 6) is 0.0400. The predicted octanol–water partition coefficient (Wildman–Crippen LogP) is 2.36. The van der Waals surface area contributed by atoms with Crippen molar-refractivity contribution < 1.29 is 9.59 Å². The first kappa shape index (κ1) is 16.2. The molecular weight excluding hydrogens is 288 g/mol. The van der Waals surface area contributed by atoms with E-state index in [1.165, 1.54) is 10.5 Å². The molecule has 1 fully saturated rings. The average molecular weight is 314 g/mol. The molecule has 1 aliphatic heterocycles. The largest absolute Gasteiger partial charge is 0.304 e. The number of hydrogen-bond donors (Lipinski definition) is 0. The molecule has 1 unspecified atom stereocenters. The molecule has 4 nitrogen and oxygen atoms in total. The molecular formula is C19H26N2O2.